The van der Waals surface area contributed by atoms with Gasteiger partial charge >= 0.3 is 5.97 Å². The topological polar surface area (TPSA) is 74.7 Å². The van der Waals surface area contributed by atoms with Crippen molar-refractivity contribution in [2.24, 2.45) is 0 Å². The molecule has 2 unspecified atom stereocenters. The van der Waals surface area contributed by atoms with Gasteiger partial charge in [-0.05, 0) is 13.8 Å². The third kappa shape index (κ3) is 2.42. The Morgan fingerprint density at radius 2 is 2.13 bits per heavy atom. The molecular formula is C8H10NO4SW-. The first-order valence-electron chi connectivity index (χ1n) is 3.98. The Hall–Kier alpha value is -0.352. The van der Waals surface area contributed by atoms with E-state index in [1.807, 2.05) is 0 Å². The van der Waals surface area contributed by atoms with Gasteiger partial charge in [-0.2, -0.15) is 6.41 Å². The molecule has 15 heavy (non-hydrogen) atoms. The largest absolute Gasteiger partial charge is 0.520 e. The molecule has 0 saturated carbocycles. The van der Waals surface area contributed by atoms with Crippen LogP contribution >= 0.6 is 11.8 Å². The van der Waals surface area contributed by atoms with Crippen LogP contribution in [0, 0.1) is 0 Å². The minimum Gasteiger partial charge on any atom is -0.520 e. The van der Waals surface area contributed by atoms with Gasteiger partial charge in [0.05, 0.1) is 0 Å². The zero-order valence-electron chi connectivity index (χ0n) is 8.22. The third-order valence-corrected chi connectivity index (χ3v) is 3.86. The Morgan fingerprint density at radius 1 is 1.60 bits per heavy atom. The summed E-state index contributed by atoms with van der Waals surface area (Å²) in [6.07, 6.45) is 1.53. The molecule has 1 heterocycles. The smallest absolute Gasteiger partial charge is 0.324 e. The summed E-state index contributed by atoms with van der Waals surface area (Å²) in [7, 11) is 0. The molecule has 0 bridgehead atoms. The van der Waals surface area contributed by atoms with E-state index in [1.54, 1.807) is 0 Å². The number of ketones is 1. The number of carboxylic acid groups (broad SMARTS) is 1. The maximum absolute atomic E-state index is 11.3. The summed E-state index contributed by atoms with van der Waals surface area (Å²) in [6, 6.07) is -0.952. The second-order valence-corrected chi connectivity index (χ2v) is 4.58. The Morgan fingerprint density at radius 3 is 2.47 bits per heavy atom. The predicted octanol–water partition coefficient (Wildman–Crippen LogP) is -0.142. The first-order chi connectivity index (χ1) is 6.43. The molecule has 1 aliphatic heterocycles. The van der Waals surface area contributed by atoms with Crippen molar-refractivity contribution in [3.05, 3.63) is 0 Å². The molecule has 1 fully saturated rings. The summed E-state index contributed by atoms with van der Waals surface area (Å²) in [4.78, 5) is 32.5. The summed E-state index contributed by atoms with van der Waals surface area (Å²) in [6.45, 7) is 2.87. The fourth-order valence-electron chi connectivity index (χ4n) is 1.29. The van der Waals surface area contributed by atoms with E-state index in [4.69, 9.17) is 5.11 Å². The molecular weight excluding hydrogens is 390 g/mol. The molecule has 0 radical (unpaired) electrons. The third-order valence-electron chi connectivity index (χ3n) is 2.33. The van der Waals surface area contributed by atoms with E-state index in [-0.39, 0.29) is 32.6 Å². The summed E-state index contributed by atoms with van der Waals surface area (Å²) in [5.41, 5.74) is 0. The van der Waals surface area contributed by atoms with Crippen molar-refractivity contribution in [3.8, 4) is 0 Å². The monoisotopic (exact) mass is 400 g/mol. The number of hydrogen-bond acceptors (Lipinski definition) is 4. The van der Waals surface area contributed by atoms with Crippen molar-refractivity contribution in [1.29, 1.82) is 0 Å². The van der Waals surface area contributed by atoms with E-state index in [0.717, 1.165) is 16.7 Å². The number of aliphatic carboxylic acids is 1. The van der Waals surface area contributed by atoms with Crippen LogP contribution < -0.4 is 0 Å². The fourth-order valence-corrected chi connectivity index (χ4v) is 2.57. The molecule has 0 aromatic carbocycles. The van der Waals surface area contributed by atoms with E-state index in [2.05, 4.69) is 0 Å². The van der Waals surface area contributed by atoms with Crippen LogP contribution in [-0.2, 0) is 35.4 Å². The SMILES string of the molecule is CC(=O)C1(C)SCC(C(=O)O)N1[C-]=O.[W]. The van der Waals surface area contributed by atoms with Gasteiger partial charge in [0.15, 0.2) is 5.78 Å². The number of hydrogen-bond donors (Lipinski definition) is 1. The zero-order chi connectivity index (χ0) is 10.9. The van der Waals surface area contributed by atoms with Crippen LogP contribution in [0.2, 0.25) is 0 Å². The number of rotatable bonds is 3. The number of amides is 1. The summed E-state index contributed by atoms with van der Waals surface area (Å²) in [5.74, 6) is -1.12. The van der Waals surface area contributed by atoms with E-state index in [1.165, 1.54) is 20.3 Å². The standard InChI is InChI=1S/C8H10NO4S.W/c1-5(11)8(2)9(4-10)6(3-14-8)7(12)13;/h6H,3H2,1-2H3,(H,12,13);/q-1;. The van der Waals surface area contributed by atoms with Gasteiger partial charge in [-0.15, -0.1) is 11.8 Å². The van der Waals surface area contributed by atoms with Crippen LogP contribution in [0.15, 0.2) is 0 Å². The zero-order valence-corrected chi connectivity index (χ0v) is 12.0. The Labute approximate surface area is 106 Å². The molecule has 1 aliphatic rings. The van der Waals surface area contributed by atoms with Crippen LogP contribution in [-0.4, -0.2) is 44.8 Å². The molecule has 0 spiro atoms. The average Bonchev–Trinajstić information content (AvgIpc) is 2.43. The van der Waals surface area contributed by atoms with Crippen molar-refractivity contribution in [2.75, 3.05) is 5.75 Å². The normalized spacial score (nSPS) is 29.5. The minimum absolute atomic E-state index is 0. The number of nitrogens with zero attached hydrogens (tertiary/aromatic N) is 1. The van der Waals surface area contributed by atoms with Crippen molar-refractivity contribution in [3.63, 3.8) is 0 Å². The molecule has 0 aromatic rings. The second kappa shape index (κ2) is 5.12. The Kier molecular flexibility index (Phi) is 5.00. The minimum atomic E-state index is -1.11. The molecule has 1 saturated heterocycles. The van der Waals surface area contributed by atoms with Crippen LogP contribution in [0.25, 0.3) is 0 Å². The van der Waals surface area contributed by atoms with Gasteiger partial charge in [0.1, 0.15) is 10.9 Å². The maximum atomic E-state index is 11.3. The van der Waals surface area contributed by atoms with Crippen molar-refractivity contribution >= 4 is 29.9 Å². The van der Waals surface area contributed by atoms with Gasteiger partial charge in [0.25, 0.3) is 0 Å². The average molecular weight is 400 g/mol. The molecule has 84 valence electrons. The molecule has 5 nitrogen and oxygen atoms in total. The van der Waals surface area contributed by atoms with Crippen LogP contribution in [0.3, 0.4) is 0 Å². The van der Waals surface area contributed by atoms with Crippen LogP contribution in [0.5, 0.6) is 0 Å². The molecule has 1 amide bonds. The number of carbonyl (C=O) groups is 2. The van der Waals surface area contributed by atoms with E-state index < -0.39 is 16.9 Å². The fraction of sp³-hybridized carbons (Fsp3) is 0.625. The van der Waals surface area contributed by atoms with E-state index in [0.29, 0.717) is 0 Å². The quantitative estimate of drug-likeness (QED) is 0.668. The van der Waals surface area contributed by atoms with Gasteiger partial charge in [-0.3, -0.25) is 9.59 Å². The first-order valence-corrected chi connectivity index (χ1v) is 4.97. The number of carbonyl (C=O) groups excluding carboxylic acids is 2. The van der Waals surface area contributed by atoms with Gasteiger partial charge in [0.2, 0.25) is 0 Å². The summed E-state index contributed by atoms with van der Waals surface area (Å²) in [5, 5.41) is 8.78. The Balaban J connectivity index is 0.00000196. The summed E-state index contributed by atoms with van der Waals surface area (Å²) >= 11 is 1.15. The molecule has 0 aliphatic carbocycles. The van der Waals surface area contributed by atoms with Crippen LogP contribution in [0.4, 0.5) is 0 Å². The summed E-state index contributed by atoms with van der Waals surface area (Å²) < 4.78 is 0. The first kappa shape index (κ1) is 14.6. The molecule has 0 aromatic heterocycles. The molecule has 1 rings (SSSR count). The van der Waals surface area contributed by atoms with Crippen molar-refractivity contribution < 1.29 is 40.6 Å². The van der Waals surface area contributed by atoms with Gasteiger partial charge < -0.3 is 14.8 Å². The number of thioether (sulfide) groups is 1. The van der Waals surface area contributed by atoms with E-state index >= 15 is 0 Å². The maximum Gasteiger partial charge on any atom is 0.324 e. The van der Waals surface area contributed by atoms with Crippen LogP contribution in [0.1, 0.15) is 13.8 Å². The molecule has 1 N–H and O–H groups in total. The number of carboxylic acids is 1. The predicted molar refractivity (Wildman–Crippen MR) is 50.5 cm³/mol. The van der Waals surface area contributed by atoms with Gasteiger partial charge in [0, 0.05) is 26.8 Å². The molecule has 7 heteroatoms. The van der Waals surface area contributed by atoms with Crippen molar-refractivity contribution in [2.45, 2.75) is 24.8 Å². The van der Waals surface area contributed by atoms with Gasteiger partial charge in [-0.1, -0.05) is 0 Å². The number of Topliss-reactive ketones (excluding diaryl/α,β-unsaturated/α-hetero) is 1. The second-order valence-electron chi connectivity index (χ2n) is 3.17. The van der Waals surface area contributed by atoms with E-state index in [9.17, 15) is 14.4 Å². The molecule has 2 atom stereocenters. The van der Waals surface area contributed by atoms with Crippen molar-refractivity contribution in [1.82, 2.24) is 4.90 Å². The van der Waals surface area contributed by atoms with Gasteiger partial charge in [-0.25, -0.2) is 0 Å². The Bertz CT molecular complexity index is 298.